The summed E-state index contributed by atoms with van der Waals surface area (Å²) >= 11 is 0. The molecule has 0 saturated heterocycles. The molecule has 1 aliphatic rings. The zero-order valence-corrected chi connectivity index (χ0v) is 18.5. The molecule has 0 bridgehead atoms. The summed E-state index contributed by atoms with van der Waals surface area (Å²) in [6, 6.07) is 16.1. The Morgan fingerprint density at radius 1 is 1.09 bits per heavy atom. The molecule has 0 aliphatic heterocycles. The van der Waals surface area contributed by atoms with Crippen molar-refractivity contribution >= 4 is 11.3 Å². The van der Waals surface area contributed by atoms with Crippen LogP contribution in [0.4, 0.5) is 5.82 Å². The van der Waals surface area contributed by atoms with Gasteiger partial charge in [0.2, 0.25) is 0 Å². The molecular formula is C26H28N4O2. The number of imidazole rings is 1. The van der Waals surface area contributed by atoms with Crippen molar-refractivity contribution in [1.82, 2.24) is 14.4 Å². The Morgan fingerprint density at radius 2 is 1.91 bits per heavy atom. The SMILES string of the molecule is CC(C)Oc1ccc(-c2nc(C3CCC3)n3ccnc(N)c23)cc1OCc1ccccc1. The quantitative estimate of drug-likeness (QED) is 0.414. The number of fused-ring (bicyclic) bond motifs is 1. The van der Waals surface area contributed by atoms with Gasteiger partial charge in [-0.3, -0.25) is 4.40 Å². The highest BCUT2D eigenvalue weighted by Crippen LogP contribution is 2.41. The lowest BCUT2D eigenvalue weighted by atomic mass is 9.85. The van der Waals surface area contributed by atoms with E-state index in [9.17, 15) is 0 Å². The van der Waals surface area contributed by atoms with Crippen molar-refractivity contribution < 1.29 is 9.47 Å². The van der Waals surface area contributed by atoms with Gasteiger partial charge in [-0.15, -0.1) is 0 Å². The maximum atomic E-state index is 6.31. The molecule has 164 valence electrons. The Balaban J connectivity index is 1.57. The first-order valence-corrected chi connectivity index (χ1v) is 11.2. The Morgan fingerprint density at radius 3 is 2.62 bits per heavy atom. The second-order valence-electron chi connectivity index (χ2n) is 8.58. The van der Waals surface area contributed by atoms with Crippen LogP contribution in [0.5, 0.6) is 11.5 Å². The largest absolute Gasteiger partial charge is 0.487 e. The zero-order valence-electron chi connectivity index (χ0n) is 18.5. The van der Waals surface area contributed by atoms with Crippen LogP contribution < -0.4 is 15.2 Å². The van der Waals surface area contributed by atoms with Gasteiger partial charge in [0.15, 0.2) is 11.5 Å². The summed E-state index contributed by atoms with van der Waals surface area (Å²) in [6.07, 6.45) is 7.30. The van der Waals surface area contributed by atoms with Gasteiger partial charge in [-0.05, 0) is 50.5 Å². The number of hydrogen-bond donors (Lipinski definition) is 1. The standard InChI is InChI=1S/C26H28N4O2/c1-17(2)32-21-12-11-20(15-22(21)31-16-18-7-4-3-5-8-18)23-24-25(27)28-13-14-30(24)26(29-23)19-9-6-10-19/h3-5,7-8,11-15,17,19H,6,9-10,16H2,1-2H3,(H2,27,28). The summed E-state index contributed by atoms with van der Waals surface area (Å²) < 4.78 is 14.3. The summed E-state index contributed by atoms with van der Waals surface area (Å²) in [5.74, 6) is 3.41. The molecule has 2 aromatic heterocycles. The van der Waals surface area contributed by atoms with Crippen molar-refractivity contribution in [2.45, 2.75) is 51.7 Å². The van der Waals surface area contributed by atoms with E-state index in [4.69, 9.17) is 20.2 Å². The molecule has 6 nitrogen and oxygen atoms in total. The number of benzene rings is 2. The Hall–Kier alpha value is -3.54. The first-order valence-electron chi connectivity index (χ1n) is 11.2. The first kappa shape index (κ1) is 20.4. The van der Waals surface area contributed by atoms with Crippen LogP contribution in [-0.2, 0) is 6.61 Å². The van der Waals surface area contributed by atoms with Crippen molar-refractivity contribution in [2.75, 3.05) is 5.73 Å². The molecular weight excluding hydrogens is 400 g/mol. The number of rotatable bonds is 7. The third-order valence-electron chi connectivity index (χ3n) is 5.90. The van der Waals surface area contributed by atoms with Gasteiger partial charge < -0.3 is 15.2 Å². The molecule has 1 aliphatic carbocycles. The molecule has 0 amide bonds. The van der Waals surface area contributed by atoms with Gasteiger partial charge in [0, 0.05) is 23.9 Å². The summed E-state index contributed by atoms with van der Waals surface area (Å²) in [6.45, 7) is 4.48. The van der Waals surface area contributed by atoms with Crippen LogP contribution in [0.1, 0.15) is 50.4 Å². The lowest BCUT2D eigenvalue weighted by molar-refractivity contribution is 0.218. The highest BCUT2D eigenvalue weighted by Gasteiger charge is 2.27. The minimum absolute atomic E-state index is 0.0402. The normalized spacial score (nSPS) is 14.0. The van der Waals surface area contributed by atoms with E-state index < -0.39 is 0 Å². The number of nitrogen functional groups attached to an aromatic ring is 1. The number of nitrogens with zero attached hydrogens (tertiary/aromatic N) is 3. The second-order valence-corrected chi connectivity index (χ2v) is 8.58. The lowest BCUT2D eigenvalue weighted by Crippen LogP contribution is -2.12. The molecule has 0 radical (unpaired) electrons. The lowest BCUT2D eigenvalue weighted by Gasteiger charge is -2.23. The maximum absolute atomic E-state index is 6.31. The predicted octanol–water partition coefficient (Wildman–Crippen LogP) is 5.61. The molecule has 2 heterocycles. The summed E-state index contributed by atoms with van der Waals surface area (Å²) in [5.41, 5.74) is 10.0. The minimum Gasteiger partial charge on any atom is -0.487 e. The third-order valence-corrected chi connectivity index (χ3v) is 5.90. The third kappa shape index (κ3) is 3.88. The molecule has 0 spiro atoms. The summed E-state index contributed by atoms with van der Waals surface area (Å²) in [7, 11) is 0. The van der Waals surface area contributed by atoms with Crippen LogP contribution in [0.25, 0.3) is 16.8 Å². The van der Waals surface area contributed by atoms with E-state index >= 15 is 0 Å². The van der Waals surface area contributed by atoms with Gasteiger partial charge in [0.05, 0.1) is 6.10 Å². The van der Waals surface area contributed by atoms with E-state index in [2.05, 4.69) is 9.38 Å². The second kappa shape index (κ2) is 8.54. The van der Waals surface area contributed by atoms with E-state index in [1.165, 1.54) is 6.42 Å². The Labute approximate surface area is 188 Å². The van der Waals surface area contributed by atoms with Gasteiger partial charge in [0.1, 0.15) is 29.5 Å². The van der Waals surface area contributed by atoms with Crippen molar-refractivity contribution in [2.24, 2.45) is 0 Å². The fraction of sp³-hybridized carbons (Fsp3) is 0.308. The smallest absolute Gasteiger partial charge is 0.162 e. The van der Waals surface area contributed by atoms with Crippen molar-refractivity contribution in [3.8, 4) is 22.8 Å². The predicted molar refractivity (Wildman–Crippen MR) is 126 cm³/mol. The molecule has 32 heavy (non-hydrogen) atoms. The van der Waals surface area contributed by atoms with Gasteiger partial charge >= 0.3 is 0 Å². The van der Waals surface area contributed by atoms with Gasteiger partial charge in [-0.2, -0.15) is 0 Å². The van der Waals surface area contributed by atoms with Crippen LogP contribution in [0.15, 0.2) is 60.9 Å². The fourth-order valence-corrected chi connectivity index (χ4v) is 4.10. The van der Waals surface area contributed by atoms with Crippen LogP contribution >= 0.6 is 0 Å². The van der Waals surface area contributed by atoms with Gasteiger partial charge in [-0.25, -0.2) is 9.97 Å². The average Bonchev–Trinajstić information content (AvgIpc) is 3.13. The van der Waals surface area contributed by atoms with Crippen molar-refractivity contribution in [3.05, 3.63) is 72.3 Å². The number of nitrogens with two attached hydrogens (primary N) is 1. The molecule has 4 aromatic rings. The Kier molecular flexibility index (Phi) is 5.43. The van der Waals surface area contributed by atoms with E-state index in [-0.39, 0.29) is 6.10 Å². The van der Waals surface area contributed by atoms with Gasteiger partial charge in [0.25, 0.3) is 0 Å². The fourth-order valence-electron chi connectivity index (χ4n) is 4.10. The topological polar surface area (TPSA) is 74.7 Å². The Bertz CT molecular complexity index is 1230. The number of aromatic nitrogens is 3. The molecule has 0 unspecified atom stereocenters. The molecule has 1 saturated carbocycles. The van der Waals surface area contributed by atoms with E-state index in [0.717, 1.165) is 41.0 Å². The van der Waals surface area contributed by atoms with E-state index in [0.29, 0.717) is 29.8 Å². The molecule has 5 rings (SSSR count). The highest BCUT2D eigenvalue weighted by atomic mass is 16.5. The van der Waals surface area contributed by atoms with Crippen LogP contribution in [0.2, 0.25) is 0 Å². The zero-order chi connectivity index (χ0) is 22.1. The van der Waals surface area contributed by atoms with Crippen molar-refractivity contribution in [3.63, 3.8) is 0 Å². The highest BCUT2D eigenvalue weighted by molar-refractivity contribution is 5.86. The molecule has 1 fully saturated rings. The molecule has 2 N–H and O–H groups in total. The van der Waals surface area contributed by atoms with Crippen molar-refractivity contribution in [1.29, 1.82) is 0 Å². The van der Waals surface area contributed by atoms with Crippen LogP contribution in [-0.4, -0.2) is 20.5 Å². The number of hydrogen-bond acceptors (Lipinski definition) is 5. The summed E-state index contributed by atoms with van der Waals surface area (Å²) in [4.78, 5) is 9.37. The van der Waals surface area contributed by atoms with Gasteiger partial charge in [-0.1, -0.05) is 36.8 Å². The average molecular weight is 429 g/mol. The van der Waals surface area contributed by atoms with Crippen LogP contribution in [0, 0.1) is 0 Å². The maximum Gasteiger partial charge on any atom is 0.162 e. The van der Waals surface area contributed by atoms with E-state index in [1.54, 1.807) is 6.20 Å². The minimum atomic E-state index is 0.0402. The molecule has 6 heteroatoms. The molecule has 0 atom stereocenters. The monoisotopic (exact) mass is 428 g/mol. The van der Waals surface area contributed by atoms with Crippen LogP contribution in [0.3, 0.4) is 0 Å². The summed E-state index contributed by atoms with van der Waals surface area (Å²) in [5, 5.41) is 0. The number of ether oxygens (including phenoxy) is 2. The molecule has 2 aromatic carbocycles. The van der Waals surface area contributed by atoms with E-state index in [1.807, 2.05) is 68.6 Å². The number of anilines is 1. The first-order chi connectivity index (χ1) is 15.6.